The van der Waals surface area contributed by atoms with Gasteiger partial charge in [-0.15, -0.1) is 21.5 Å². The average molecular weight is 371 g/mol. The summed E-state index contributed by atoms with van der Waals surface area (Å²) >= 11 is 3.31. The number of fused-ring (bicyclic) bond motifs is 3. The Morgan fingerprint density at radius 3 is 2.88 bits per heavy atom. The highest BCUT2D eigenvalue weighted by Crippen LogP contribution is 2.40. The van der Waals surface area contributed by atoms with Crippen LogP contribution in [0, 0.1) is 6.92 Å². The first-order valence-electron chi connectivity index (χ1n) is 8.21. The Hall–Kier alpha value is -2.12. The number of hydrogen-bond donors (Lipinski definition) is 1. The van der Waals surface area contributed by atoms with Gasteiger partial charge in [0, 0.05) is 21.9 Å². The number of thiophene rings is 1. The summed E-state index contributed by atoms with van der Waals surface area (Å²) in [4.78, 5) is 6.98. The normalized spacial score (nSPS) is 15.5. The number of hydrogen-bond acceptors (Lipinski definition) is 7. The third-order valence-electron chi connectivity index (χ3n) is 3.79. The number of benzene rings is 1. The largest absolute Gasteiger partial charge is 0.447 e. The average Bonchev–Trinajstić information content (AvgIpc) is 2.99. The standard InChI is InChI=1S/C18H18N4OS2/c1-3-10-24-18-20-17-15(21-22-18)12-6-4-5-7-13(12)19-16(23-17)14-9-8-11(2)25-14/h4-9,16,19H,3,10H2,1-2H3. The topological polar surface area (TPSA) is 59.9 Å². The van der Waals surface area contributed by atoms with E-state index in [9.17, 15) is 0 Å². The van der Waals surface area contributed by atoms with Crippen LogP contribution in [0.25, 0.3) is 11.3 Å². The monoisotopic (exact) mass is 370 g/mol. The summed E-state index contributed by atoms with van der Waals surface area (Å²) in [6, 6.07) is 12.2. The number of nitrogens with zero attached hydrogens (tertiary/aromatic N) is 3. The molecule has 128 valence electrons. The highest BCUT2D eigenvalue weighted by Gasteiger charge is 2.26. The summed E-state index contributed by atoms with van der Waals surface area (Å²) in [5.74, 6) is 1.49. The van der Waals surface area contributed by atoms with E-state index in [0.717, 1.165) is 28.3 Å². The second-order valence-corrected chi connectivity index (χ2v) is 8.11. The smallest absolute Gasteiger partial charge is 0.247 e. The van der Waals surface area contributed by atoms with Crippen LogP contribution in [0.3, 0.4) is 0 Å². The molecule has 1 aromatic carbocycles. The Kier molecular flexibility index (Phi) is 4.59. The molecular formula is C18H18N4OS2. The highest BCUT2D eigenvalue weighted by molar-refractivity contribution is 7.99. The minimum absolute atomic E-state index is 0.290. The number of para-hydroxylation sites is 1. The van der Waals surface area contributed by atoms with Gasteiger partial charge in [-0.3, -0.25) is 0 Å². The van der Waals surface area contributed by atoms with Crippen LogP contribution >= 0.6 is 23.1 Å². The summed E-state index contributed by atoms with van der Waals surface area (Å²) in [5.41, 5.74) is 2.61. The molecule has 5 nitrogen and oxygen atoms in total. The third kappa shape index (κ3) is 3.34. The van der Waals surface area contributed by atoms with Gasteiger partial charge in [-0.2, -0.15) is 4.98 Å². The van der Waals surface area contributed by atoms with E-state index in [1.54, 1.807) is 23.1 Å². The van der Waals surface area contributed by atoms with Crippen LogP contribution in [0.2, 0.25) is 0 Å². The molecule has 1 N–H and O–H groups in total. The van der Waals surface area contributed by atoms with Crippen LogP contribution < -0.4 is 10.1 Å². The summed E-state index contributed by atoms with van der Waals surface area (Å²) in [5, 5.41) is 12.8. The van der Waals surface area contributed by atoms with Gasteiger partial charge in [0.15, 0.2) is 5.69 Å². The predicted molar refractivity (Wildman–Crippen MR) is 102 cm³/mol. The molecule has 0 bridgehead atoms. The number of aryl methyl sites for hydroxylation is 1. The highest BCUT2D eigenvalue weighted by atomic mass is 32.2. The second-order valence-electron chi connectivity index (χ2n) is 5.73. The van der Waals surface area contributed by atoms with Gasteiger partial charge in [-0.05, 0) is 31.5 Å². The minimum Gasteiger partial charge on any atom is -0.447 e. The van der Waals surface area contributed by atoms with Crippen LogP contribution in [-0.4, -0.2) is 20.9 Å². The van der Waals surface area contributed by atoms with Crippen molar-refractivity contribution >= 4 is 28.8 Å². The van der Waals surface area contributed by atoms with Crippen molar-refractivity contribution in [2.75, 3.05) is 11.1 Å². The summed E-state index contributed by atoms with van der Waals surface area (Å²) in [6.45, 7) is 4.23. The first-order chi connectivity index (χ1) is 12.2. The first-order valence-corrected chi connectivity index (χ1v) is 10.0. The minimum atomic E-state index is -0.290. The van der Waals surface area contributed by atoms with Gasteiger partial charge in [0.1, 0.15) is 0 Å². The zero-order valence-electron chi connectivity index (χ0n) is 14.0. The number of aromatic nitrogens is 3. The van der Waals surface area contributed by atoms with Gasteiger partial charge in [-0.25, -0.2) is 0 Å². The van der Waals surface area contributed by atoms with Crippen molar-refractivity contribution in [2.24, 2.45) is 0 Å². The van der Waals surface area contributed by atoms with E-state index in [-0.39, 0.29) is 6.23 Å². The molecule has 0 radical (unpaired) electrons. The van der Waals surface area contributed by atoms with E-state index >= 15 is 0 Å². The van der Waals surface area contributed by atoms with E-state index < -0.39 is 0 Å². The number of rotatable bonds is 4. The Labute approximate surface area is 154 Å². The molecule has 1 aliphatic rings. The molecule has 0 aliphatic carbocycles. The molecule has 0 saturated heterocycles. The summed E-state index contributed by atoms with van der Waals surface area (Å²) < 4.78 is 6.23. The number of anilines is 1. The molecule has 3 aromatic rings. The Morgan fingerprint density at radius 1 is 1.20 bits per heavy atom. The third-order valence-corrected chi connectivity index (χ3v) is 5.88. The van der Waals surface area contributed by atoms with Gasteiger partial charge >= 0.3 is 0 Å². The lowest BCUT2D eigenvalue weighted by atomic mass is 10.1. The van der Waals surface area contributed by atoms with Crippen molar-refractivity contribution in [2.45, 2.75) is 31.7 Å². The molecule has 25 heavy (non-hydrogen) atoms. The van der Waals surface area contributed by atoms with Crippen LogP contribution in [0.4, 0.5) is 5.69 Å². The van der Waals surface area contributed by atoms with Crippen molar-refractivity contribution in [3.63, 3.8) is 0 Å². The van der Waals surface area contributed by atoms with Gasteiger partial charge in [0.05, 0.1) is 4.88 Å². The molecule has 0 amide bonds. The zero-order chi connectivity index (χ0) is 17.2. The molecule has 1 aliphatic heterocycles. The van der Waals surface area contributed by atoms with E-state index in [0.29, 0.717) is 16.7 Å². The number of nitrogens with one attached hydrogen (secondary N) is 1. The molecular weight excluding hydrogens is 352 g/mol. The number of thioether (sulfide) groups is 1. The molecule has 1 atom stereocenters. The lowest BCUT2D eigenvalue weighted by molar-refractivity contribution is 0.229. The van der Waals surface area contributed by atoms with Gasteiger partial charge < -0.3 is 10.1 Å². The first kappa shape index (κ1) is 16.4. The number of ether oxygens (including phenoxy) is 1. The molecule has 4 rings (SSSR count). The molecule has 3 heterocycles. The lowest BCUT2D eigenvalue weighted by Crippen LogP contribution is -2.15. The Bertz CT molecular complexity index is 896. The van der Waals surface area contributed by atoms with Gasteiger partial charge in [0.2, 0.25) is 17.3 Å². The van der Waals surface area contributed by atoms with Gasteiger partial charge in [0.25, 0.3) is 0 Å². The van der Waals surface area contributed by atoms with Crippen molar-refractivity contribution in [3.05, 3.63) is 46.2 Å². The predicted octanol–water partition coefficient (Wildman–Crippen LogP) is 4.91. The SMILES string of the molecule is CCCSc1nnc2c(n1)OC(c1ccc(C)s1)Nc1ccccc1-2. The van der Waals surface area contributed by atoms with E-state index in [1.807, 2.05) is 24.3 Å². The molecule has 2 aromatic heterocycles. The van der Waals surface area contributed by atoms with Crippen LogP contribution in [-0.2, 0) is 0 Å². The fourth-order valence-corrected chi connectivity index (χ4v) is 4.12. The van der Waals surface area contributed by atoms with Crippen molar-refractivity contribution in [1.29, 1.82) is 0 Å². The molecule has 1 unspecified atom stereocenters. The van der Waals surface area contributed by atoms with E-state index in [4.69, 9.17) is 4.74 Å². The zero-order valence-corrected chi connectivity index (χ0v) is 15.7. The Morgan fingerprint density at radius 2 is 2.08 bits per heavy atom. The summed E-state index contributed by atoms with van der Waals surface area (Å²) in [7, 11) is 0. The maximum absolute atomic E-state index is 6.23. The van der Waals surface area contributed by atoms with E-state index in [2.05, 4.69) is 46.5 Å². The van der Waals surface area contributed by atoms with Crippen molar-refractivity contribution < 1.29 is 4.74 Å². The quantitative estimate of drug-likeness (QED) is 0.658. The molecule has 7 heteroatoms. The maximum Gasteiger partial charge on any atom is 0.247 e. The Balaban J connectivity index is 1.79. The fourth-order valence-electron chi connectivity index (χ4n) is 2.62. The van der Waals surface area contributed by atoms with Crippen LogP contribution in [0.15, 0.2) is 41.6 Å². The van der Waals surface area contributed by atoms with Crippen LogP contribution in [0.5, 0.6) is 5.88 Å². The maximum atomic E-state index is 6.23. The lowest BCUT2D eigenvalue weighted by Gasteiger charge is -2.17. The van der Waals surface area contributed by atoms with Crippen LogP contribution in [0.1, 0.15) is 29.3 Å². The summed E-state index contributed by atoms with van der Waals surface area (Å²) in [6.07, 6.45) is 0.773. The van der Waals surface area contributed by atoms with Gasteiger partial charge in [-0.1, -0.05) is 36.9 Å². The van der Waals surface area contributed by atoms with Crippen molar-refractivity contribution in [3.8, 4) is 17.1 Å². The van der Waals surface area contributed by atoms with E-state index in [1.165, 1.54) is 4.88 Å². The molecule has 0 spiro atoms. The van der Waals surface area contributed by atoms with Crippen molar-refractivity contribution in [1.82, 2.24) is 15.2 Å². The second kappa shape index (κ2) is 7.01. The fraction of sp³-hybridized carbons (Fsp3) is 0.278. The molecule has 0 saturated carbocycles. The molecule has 0 fully saturated rings.